The van der Waals surface area contributed by atoms with Crippen molar-refractivity contribution in [3.63, 3.8) is 0 Å². The molecule has 0 aliphatic heterocycles. The monoisotopic (exact) mass is 209 g/mol. The van der Waals surface area contributed by atoms with E-state index < -0.39 is 5.91 Å². The molecule has 82 valence electrons. The smallest absolute Gasteiger partial charge is 0.254 e. The predicted molar refractivity (Wildman–Crippen MR) is 56.8 cm³/mol. The Morgan fingerprint density at radius 3 is 2.73 bits per heavy atom. The van der Waals surface area contributed by atoms with E-state index in [2.05, 4.69) is 4.98 Å². The summed E-state index contributed by atoms with van der Waals surface area (Å²) in [6, 6.07) is 1.79. The summed E-state index contributed by atoms with van der Waals surface area (Å²) in [5.74, 6) is -0.266. The summed E-state index contributed by atoms with van der Waals surface area (Å²) in [5.41, 5.74) is 12.4. The van der Waals surface area contributed by atoms with Crippen molar-refractivity contribution in [2.24, 2.45) is 11.5 Å². The molecule has 0 bridgehead atoms. The molecule has 0 spiro atoms. The lowest BCUT2D eigenvalue weighted by Crippen LogP contribution is -2.18. The first-order chi connectivity index (χ1) is 7.06. The molecule has 1 heterocycles. The predicted octanol–water partition coefficient (Wildman–Crippen LogP) is 0.135. The molecule has 5 heteroatoms. The van der Waals surface area contributed by atoms with Crippen LogP contribution in [0.1, 0.15) is 21.6 Å². The zero-order valence-corrected chi connectivity index (χ0v) is 8.91. The van der Waals surface area contributed by atoms with Gasteiger partial charge in [-0.1, -0.05) is 0 Å². The Morgan fingerprint density at radius 2 is 2.20 bits per heavy atom. The maximum Gasteiger partial charge on any atom is 0.254 e. The van der Waals surface area contributed by atoms with Gasteiger partial charge in [0.25, 0.3) is 5.91 Å². The number of carbonyl (C=O) groups is 1. The quantitative estimate of drug-likeness (QED) is 0.737. The van der Waals surface area contributed by atoms with Gasteiger partial charge in [0, 0.05) is 12.2 Å². The molecule has 0 atom stereocenters. The van der Waals surface area contributed by atoms with Gasteiger partial charge in [-0.05, 0) is 25.5 Å². The number of carbonyl (C=O) groups excluding carboxylic acids is 1. The lowest BCUT2D eigenvalue weighted by molar-refractivity contribution is 0.0995. The number of aromatic nitrogens is 1. The molecule has 1 aromatic heterocycles. The van der Waals surface area contributed by atoms with Crippen molar-refractivity contribution in [3.8, 4) is 5.88 Å². The van der Waals surface area contributed by atoms with Crippen molar-refractivity contribution in [1.82, 2.24) is 4.98 Å². The molecule has 0 saturated heterocycles. The number of primary amides is 1. The molecule has 0 aliphatic rings. The van der Waals surface area contributed by atoms with Gasteiger partial charge in [0.2, 0.25) is 5.88 Å². The van der Waals surface area contributed by atoms with E-state index in [0.717, 1.165) is 11.3 Å². The number of nitrogens with zero attached hydrogens (tertiary/aromatic N) is 1. The number of pyridine rings is 1. The summed E-state index contributed by atoms with van der Waals surface area (Å²) in [5, 5.41) is 0. The molecule has 5 nitrogen and oxygen atoms in total. The maximum atomic E-state index is 11.2. The van der Waals surface area contributed by atoms with Crippen LogP contribution in [0, 0.1) is 13.8 Å². The Balaban J connectivity index is 3.14. The van der Waals surface area contributed by atoms with E-state index in [-0.39, 0.29) is 5.88 Å². The van der Waals surface area contributed by atoms with E-state index in [9.17, 15) is 4.79 Å². The van der Waals surface area contributed by atoms with Crippen LogP contribution in [0.4, 0.5) is 0 Å². The third-order valence-electron chi connectivity index (χ3n) is 1.91. The van der Waals surface area contributed by atoms with Gasteiger partial charge in [-0.15, -0.1) is 0 Å². The number of aryl methyl sites for hydroxylation is 2. The van der Waals surface area contributed by atoms with Crippen LogP contribution in [0.25, 0.3) is 0 Å². The fourth-order valence-corrected chi connectivity index (χ4v) is 1.36. The summed E-state index contributed by atoms with van der Waals surface area (Å²) in [4.78, 5) is 15.3. The lowest BCUT2D eigenvalue weighted by atomic mass is 10.1. The number of nitrogens with two attached hydrogens (primary N) is 2. The van der Waals surface area contributed by atoms with Gasteiger partial charge < -0.3 is 16.2 Å². The van der Waals surface area contributed by atoms with Gasteiger partial charge in [-0.3, -0.25) is 4.79 Å². The first-order valence-electron chi connectivity index (χ1n) is 4.67. The fraction of sp³-hybridized carbons (Fsp3) is 0.400. The third-order valence-corrected chi connectivity index (χ3v) is 1.91. The third kappa shape index (κ3) is 2.66. The second kappa shape index (κ2) is 4.75. The summed E-state index contributed by atoms with van der Waals surface area (Å²) >= 11 is 0. The Morgan fingerprint density at radius 1 is 1.53 bits per heavy atom. The van der Waals surface area contributed by atoms with Gasteiger partial charge >= 0.3 is 0 Å². The highest BCUT2D eigenvalue weighted by Crippen LogP contribution is 2.20. The highest BCUT2D eigenvalue weighted by atomic mass is 16.5. The molecular formula is C10H15N3O2. The highest BCUT2D eigenvalue weighted by Gasteiger charge is 2.14. The number of hydrogen-bond acceptors (Lipinski definition) is 4. The van der Waals surface area contributed by atoms with Crippen LogP contribution in [0.15, 0.2) is 6.07 Å². The van der Waals surface area contributed by atoms with Gasteiger partial charge in [0.1, 0.15) is 12.2 Å². The van der Waals surface area contributed by atoms with Crippen molar-refractivity contribution < 1.29 is 9.53 Å². The van der Waals surface area contributed by atoms with E-state index in [4.69, 9.17) is 16.2 Å². The number of amides is 1. The largest absolute Gasteiger partial charge is 0.476 e. The van der Waals surface area contributed by atoms with Crippen LogP contribution < -0.4 is 16.2 Å². The molecule has 15 heavy (non-hydrogen) atoms. The van der Waals surface area contributed by atoms with Gasteiger partial charge in [0.05, 0.1) is 0 Å². The highest BCUT2D eigenvalue weighted by molar-refractivity contribution is 5.96. The molecule has 1 aromatic rings. The average molecular weight is 209 g/mol. The Labute approximate surface area is 88.4 Å². The molecule has 1 rings (SSSR count). The van der Waals surface area contributed by atoms with Crippen molar-refractivity contribution in [1.29, 1.82) is 0 Å². The molecule has 0 radical (unpaired) electrons. The van der Waals surface area contributed by atoms with Crippen molar-refractivity contribution >= 4 is 5.91 Å². The average Bonchev–Trinajstić information content (AvgIpc) is 2.12. The summed E-state index contributed by atoms with van der Waals surface area (Å²) < 4.78 is 5.27. The molecule has 1 amide bonds. The lowest BCUT2D eigenvalue weighted by Gasteiger charge is -2.10. The summed E-state index contributed by atoms with van der Waals surface area (Å²) in [7, 11) is 0. The Hall–Kier alpha value is -1.62. The number of hydrogen-bond donors (Lipinski definition) is 2. The van der Waals surface area contributed by atoms with Crippen molar-refractivity contribution in [2.45, 2.75) is 13.8 Å². The van der Waals surface area contributed by atoms with Crippen LogP contribution in [0.5, 0.6) is 5.88 Å². The maximum absolute atomic E-state index is 11.2. The van der Waals surface area contributed by atoms with Crippen LogP contribution >= 0.6 is 0 Å². The molecule has 0 saturated carbocycles. The molecular weight excluding hydrogens is 194 g/mol. The fourth-order valence-electron chi connectivity index (χ4n) is 1.36. The summed E-state index contributed by atoms with van der Waals surface area (Å²) in [6.45, 7) is 4.31. The zero-order chi connectivity index (χ0) is 11.4. The van der Waals surface area contributed by atoms with Crippen LogP contribution in [0.2, 0.25) is 0 Å². The van der Waals surface area contributed by atoms with E-state index in [1.165, 1.54) is 0 Å². The molecule has 4 N–H and O–H groups in total. The Kier molecular flexibility index (Phi) is 3.62. The van der Waals surface area contributed by atoms with Crippen molar-refractivity contribution in [2.75, 3.05) is 13.2 Å². The van der Waals surface area contributed by atoms with Crippen LogP contribution in [-0.2, 0) is 0 Å². The van der Waals surface area contributed by atoms with Crippen LogP contribution in [0.3, 0.4) is 0 Å². The second-order valence-corrected chi connectivity index (χ2v) is 3.26. The number of rotatable bonds is 4. The minimum atomic E-state index is -0.535. The minimum Gasteiger partial charge on any atom is -0.476 e. The van der Waals surface area contributed by atoms with E-state index in [1.54, 1.807) is 13.0 Å². The van der Waals surface area contributed by atoms with Crippen LogP contribution in [-0.4, -0.2) is 24.0 Å². The summed E-state index contributed by atoms with van der Waals surface area (Å²) in [6.07, 6.45) is 0. The van der Waals surface area contributed by atoms with Crippen molar-refractivity contribution in [3.05, 3.63) is 22.9 Å². The van der Waals surface area contributed by atoms with Gasteiger partial charge in [-0.25, -0.2) is 4.98 Å². The molecule has 0 fully saturated rings. The van der Waals surface area contributed by atoms with Gasteiger partial charge in [-0.2, -0.15) is 0 Å². The second-order valence-electron chi connectivity index (χ2n) is 3.26. The van der Waals surface area contributed by atoms with Gasteiger partial charge in [0.15, 0.2) is 0 Å². The first-order valence-corrected chi connectivity index (χ1v) is 4.67. The molecule has 0 aromatic carbocycles. The first kappa shape index (κ1) is 11.5. The minimum absolute atomic E-state index is 0.269. The Bertz CT molecular complexity index is 377. The van der Waals surface area contributed by atoms with E-state index in [0.29, 0.717) is 18.7 Å². The number of ether oxygens (including phenoxy) is 1. The van der Waals surface area contributed by atoms with E-state index in [1.807, 2.05) is 6.92 Å². The topological polar surface area (TPSA) is 91.2 Å². The van der Waals surface area contributed by atoms with E-state index >= 15 is 0 Å². The molecule has 0 aliphatic carbocycles. The standard InChI is InChI=1S/C10H15N3O2/c1-6-5-7(2)13-10(15-4-3-11)8(6)9(12)14/h5H,3-4,11H2,1-2H3,(H2,12,14). The SMILES string of the molecule is Cc1cc(C)c(C(N)=O)c(OCCN)n1. The zero-order valence-electron chi connectivity index (χ0n) is 8.91. The molecule has 0 unspecified atom stereocenters. The normalized spacial score (nSPS) is 10.1.